The van der Waals surface area contributed by atoms with E-state index in [0.29, 0.717) is 12.8 Å². The van der Waals surface area contributed by atoms with Crippen molar-refractivity contribution in [2.45, 2.75) is 166 Å². The Bertz CT molecular complexity index is 1030. The Balaban J connectivity index is -0.000000189. The number of esters is 2. The molecule has 0 amide bonds. The van der Waals surface area contributed by atoms with Gasteiger partial charge in [-0.05, 0) is 12.8 Å². The van der Waals surface area contributed by atoms with Crippen molar-refractivity contribution in [3.63, 3.8) is 0 Å². The van der Waals surface area contributed by atoms with Crippen LogP contribution in [0.15, 0.2) is 0 Å². The summed E-state index contributed by atoms with van der Waals surface area (Å²) < 4.78 is 71.1. The molecule has 0 saturated carbocycles. The minimum Gasteiger partial charge on any atom is -0.550 e. The Morgan fingerprint density at radius 3 is 0.885 bits per heavy atom. The molecular weight excluding hydrogens is 746 g/mol. The zero-order chi connectivity index (χ0) is 36.8. The van der Waals surface area contributed by atoms with Gasteiger partial charge in [0.2, 0.25) is 0 Å². The Morgan fingerprint density at radius 1 is 0.481 bits per heavy atom. The SMILES string of the molecule is CCCCCCCCCCCCOC(=O)C(CC(=O)[O-])S(=O)(=O)O.CCCCCCCCCCCCOC(=O)C(CC(=O)[O-])S(=O)(=O)O.[NH4+].[NH4+].[Na].[Na]. The number of hydrogen-bond acceptors (Lipinski definition) is 12. The number of rotatable bonds is 30. The van der Waals surface area contributed by atoms with Crippen molar-refractivity contribution in [3.05, 3.63) is 0 Å². The summed E-state index contributed by atoms with van der Waals surface area (Å²) >= 11 is 0. The minimum absolute atomic E-state index is 0. The second kappa shape index (κ2) is 40.3. The van der Waals surface area contributed by atoms with Gasteiger partial charge in [0.15, 0.2) is 10.5 Å². The van der Waals surface area contributed by atoms with Crippen LogP contribution in [0.25, 0.3) is 0 Å². The Kier molecular flexibility index (Phi) is 49.2. The molecule has 0 aromatic heterocycles. The fraction of sp³-hybridized carbons (Fsp3) is 0.875. The summed E-state index contributed by atoms with van der Waals surface area (Å²) in [5, 5.41) is 16.6. The van der Waals surface area contributed by atoms with Crippen LogP contribution < -0.4 is 22.5 Å². The molecule has 20 heteroatoms. The zero-order valence-corrected chi connectivity index (χ0v) is 38.4. The monoisotopic (exact) mass is 812 g/mol. The normalized spacial score (nSPS) is 11.8. The van der Waals surface area contributed by atoms with E-state index in [2.05, 4.69) is 13.8 Å². The number of carboxylic acid groups (broad SMARTS) is 2. The molecule has 0 heterocycles. The maximum Gasteiger partial charge on any atom is 0.327 e. The predicted octanol–water partition coefficient (Wildman–Crippen LogP) is 3.68. The molecule has 16 nitrogen and oxygen atoms in total. The van der Waals surface area contributed by atoms with Gasteiger partial charge in [0, 0.05) is 83.9 Å². The van der Waals surface area contributed by atoms with E-state index in [4.69, 9.17) is 18.6 Å². The topological polar surface area (TPSA) is 315 Å². The van der Waals surface area contributed by atoms with E-state index >= 15 is 0 Å². The number of quaternary nitrogens is 2. The van der Waals surface area contributed by atoms with E-state index < -0.39 is 67.5 Å². The first-order chi connectivity index (χ1) is 22.6. The predicted molar refractivity (Wildman–Crippen MR) is 199 cm³/mol. The van der Waals surface area contributed by atoms with Crippen LogP contribution in [0.1, 0.15) is 155 Å². The quantitative estimate of drug-likeness (QED) is 0.0348. The van der Waals surface area contributed by atoms with Gasteiger partial charge in [-0.1, -0.05) is 129 Å². The van der Waals surface area contributed by atoms with Crippen LogP contribution in [0.2, 0.25) is 0 Å². The number of hydrogen-bond donors (Lipinski definition) is 4. The van der Waals surface area contributed by atoms with Gasteiger partial charge >= 0.3 is 11.9 Å². The van der Waals surface area contributed by atoms with Crippen LogP contribution in [-0.2, 0) is 48.9 Å². The van der Waals surface area contributed by atoms with Crippen LogP contribution in [-0.4, -0.2) is 133 Å². The van der Waals surface area contributed by atoms with Crippen molar-refractivity contribution in [2.75, 3.05) is 13.2 Å². The van der Waals surface area contributed by atoms with Crippen LogP contribution in [0.5, 0.6) is 0 Å². The third-order valence-corrected chi connectivity index (χ3v) is 9.59. The third kappa shape index (κ3) is 40.8. The van der Waals surface area contributed by atoms with E-state index in [9.17, 15) is 46.2 Å². The fourth-order valence-electron chi connectivity index (χ4n) is 4.63. The molecule has 0 aliphatic rings. The molecule has 0 aromatic carbocycles. The first-order valence-corrected chi connectivity index (χ1v) is 20.2. The molecule has 0 saturated heterocycles. The van der Waals surface area contributed by atoms with Gasteiger partial charge in [0.1, 0.15) is 0 Å². The maximum absolute atomic E-state index is 11.5. The summed E-state index contributed by atoms with van der Waals surface area (Å²) in [4.78, 5) is 43.9. The molecule has 0 spiro atoms. The van der Waals surface area contributed by atoms with E-state index in [1.165, 1.54) is 77.0 Å². The largest absolute Gasteiger partial charge is 0.550 e. The smallest absolute Gasteiger partial charge is 0.327 e. The van der Waals surface area contributed by atoms with E-state index in [1.54, 1.807) is 0 Å². The van der Waals surface area contributed by atoms with Gasteiger partial charge in [-0.15, -0.1) is 0 Å². The van der Waals surface area contributed by atoms with Crippen LogP contribution in [0, 0.1) is 0 Å². The number of unbranched alkanes of at least 4 members (excludes halogenated alkanes) is 18. The third-order valence-electron chi connectivity index (χ3n) is 7.43. The molecule has 2 radical (unpaired) electrons. The second-order valence-corrected chi connectivity index (χ2v) is 15.1. The Hall–Kier alpha value is -0.380. The van der Waals surface area contributed by atoms with Gasteiger partial charge in [-0.3, -0.25) is 18.7 Å². The molecule has 302 valence electrons. The Labute approximate surface area is 356 Å². The Morgan fingerprint density at radius 2 is 0.692 bits per heavy atom. The molecule has 0 bridgehead atoms. The van der Waals surface area contributed by atoms with E-state index in [1.807, 2.05) is 0 Å². The van der Waals surface area contributed by atoms with Crippen molar-refractivity contribution >= 4 is 103 Å². The first kappa shape index (κ1) is 63.6. The van der Waals surface area contributed by atoms with Crippen LogP contribution in [0.4, 0.5) is 0 Å². The summed E-state index contributed by atoms with van der Waals surface area (Å²) in [6.45, 7) is 4.38. The van der Waals surface area contributed by atoms with Crippen LogP contribution in [0.3, 0.4) is 0 Å². The number of aliphatic carboxylic acids is 2. The summed E-state index contributed by atoms with van der Waals surface area (Å²) in [7, 11) is -9.64. The van der Waals surface area contributed by atoms with E-state index in [0.717, 1.165) is 38.5 Å². The second-order valence-electron chi connectivity index (χ2n) is 11.9. The molecule has 2 atom stereocenters. The van der Waals surface area contributed by atoms with Gasteiger partial charge in [-0.2, -0.15) is 16.8 Å². The molecule has 0 rings (SSSR count). The molecule has 0 aliphatic carbocycles. The summed E-state index contributed by atoms with van der Waals surface area (Å²) in [5.41, 5.74) is 0. The first-order valence-electron chi connectivity index (χ1n) is 17.2. The number of carbonyl (C=O) groups is 4. The van der Waals surface area contributed by atoms with Crippen molar-refractivity contribution in [1.82, 2.24) is 12.3 Å². The molecular formula is C32H66N2Na2O14S2. The molecule has 52 heavy (non-hydrogen) atoms. The van der Waals surface area contributed by atoms with E-state index in [-0.39, 0.29) is 84.6 Å². The van der Waals surface area contributed by atoms with Crippen molar-refractivity contribution in [2.24, 2.45) is 0 Å². The van der Waals surface area contributed by atoms with Crippen LogP contribution >= 0.6 is 0 Å². The zero-order valence-electron chi connectivity index (χ0n) is 32.7. The summed E-state index contributed by atoms with van der Waals surface area (Å²) in [5.74, 6) is -5.99. The van der Waals surface area contributed by atoms with Gasteiger partial charge in [0.05, 0.1) is 13.2 Å². The number of carboxylic acids is 2. The molecule has 2 unspecified atom stereocenters. The summed E-state index contributed by atoms with van der Waals surface area (Å²) in [6.07, 6.45) is 19.8. The molecule has 0 aromatic rings. The van der Waals surface area contributed by atoms with Gasteiger partial charge < -0.3 is 41.6 Å². The van der Waals surface area contributed by atoms with Gasteiger partial charge in [0.25, 0.3) is 20.2 Å². The fourth-order valence-corrected chi connectivity index (χ4v) is 5.95. The van der Waals surface area contributed by atoms with Crippen molar-refractivity contribution in [1.29, 1.82) is 0 Å². The molecule has 0 aliphatic heterocycles. The van der Waals surface area contributed by atoms with Crippen molar-refractivity contribution < 1.29 is 64.8 Å². The maximum atomic E-state index is 11.5. The van der Waals surface area contributed by atoms with Gasteiger partial charge in [-0.25, -0.2) is 0 Å². The number of carbonyl (C=O) groups excluding carboxylic acids is 4. The van der Waals surface area contributed by atoms with Crippen molar-refractivity contribution in [3.8, 4) is 0 Å². The average molecular weight is 813 g/mol. The number of ether oxygens (including phenoxy) is 2. The standard InChI is InChI=1S/2C16H30O7S.2H3N.2Na/c2*1-2-3-4-5-6-7-8-9-10-11-12-23-16(19)14(13-15(17)18)24(20,21)22;;;;/h2*14H,2-13H2,1H3,(H,17,18)(H,20,21,22);2*1H3;;. The molecule has 0 fully saturated rings. The minimum atomic E-state index is -4.82. The summed E-state index contributed by atoms with van der Waals surface area (Å²) in [6, 6.07) is 0. The average Bonchev–Trinajstić information content (AvgIpc) is 2.99. The molecule has 10 N–H and O–H groups in total.